The molecule has 3 unspecified atom stereocenters. The van der Waals surface area contributed by atoms with Crippen molar-refractivity contribution in [1.29, 1.82) is 0 Å². The second kappa shape index (κ2) is 15.1. The van der Waals surface area contributed by atoms with Crippen molar-refractivity contribution in [2.45, 2.75) is 141 Å². The van der Waals surface area contributed by atoms with E-state index in [1.165, 1.54) is 6.92 Å². The van der Waals surface area contributed by atoms with E-state index >= 15 is 0 Å². The van der Waals surface area contributed by atoms with Crippen LogP contribution in [0.5, 0.6) is 0 Å². The summed E-state index contributed by atoms with van der Waals surface area (Å²) in [4.78, 5) is 44.4. The van der Waals surface area contributed by atoms with Crippen molar-refractivity contribution in [2.24, 2.45) is 23.5 Å². The Morgan fingerprint density at radius 1 is 1.17 bits per heavy atom. The number of methoxy groups -OCH3 is 1. The van der Waals surface area contributed by atoms with Crippen molar-refractivity contribution in [1.82, 2.24) is 15.1 Å². The summed E-state index contributed by atoms with van der Waals surface area (Å²) in [7, 11) is 7.31. The van der Waals surface area contributed by atoms with Crippen LogP contribution >= 0.6 is 0 Å². The maximum absolute atomic E-state index is 14.1. The smallest absolute Gasteiger partial charge is 0.408 e. The molecule has 1 amide bonds. The topological polar surface area (TPSA) is 162 Å². The number of amides is 1. The van der Waals surface area contributed by atoms with Gasteiger partial charge in [0.1, 0.15) is 18.1 Å². The van der Waals surface area contributed by atoms with Crippen molar-refractivity contribution < 1.29 is 43.2 Å². The first-order valence-corrected chi connectivity index (χ1v) is 16.7. The molecule has 3 fully saturated rings. The van der Waals surface area contributed by atoms with Gasteiger partial charge in [-0.3, -0.25) is 9.59 Å². The molecule has 266 valence electrons. The number of rotatable bonds is 6. The summed E-state index contributed by atoms with van der Waals surface area (Å²) in [5, 5.41) is 14.4. The van der Waals surface area contributed by atoms with E-state index in [4.69, 9.17) is 29.4 Å². The number of alkyl carbamates (subject to hydrolysis) is 1. The van der Waals surface area contributed by atoms with Gasteiger partial charge in [0.15, 0.2) is 17.7 Å². The second-order valence-corrected chi connectivity index (χ2v) is 14.7. The average molecular weight is 657 g/mol. The lowest BCUT2D eigenvalue weighted by atomic mass is 9.78. The van der Waals surface area contributed by atoms with Gasteiger partial charge in [-0.2, -0.15) is 0 Å². The minimum Gasteiger partial charge on any atom is -0.458 e. The van der Waals surface area contributed by atoms with E-state index in [2.05, 4.69) is 17.1 Å². The highest BCUT2D eigenvalue weighted by Crippen LogP contribution is 2.38. The number of Topliss-reactive ketones (excluding diaryl/α,β-unsaturated/α-hetero) is 1. The summed E-state index contributed by atoms with van der Waals surface area (Å²) >= 11 is 0. The number of ketones is 1. The Morgan fingerprint density at radius 3 is 2.35 bits per heavy atom. The highest BCUT2D eigenvalue weighted by atomic mass is 16.7. The van der Waals surface area contributed by atoms with Crippen LogP contribution in [-0.2, 0) is 33.3 Å². The number of hydrogen-bond acceptors (Lipinski definition) is 12. The lowest BCUT2D eigenvalue weighted by Gasteiger charge is -2.47. The van der Waals surface area contributed by atoms with Crippen molar-refractivity contribution in [3.05, 3.63) is 0 Å². The minimum atomic E-state index is -1.16. The third kappa shape index (κ3) is 7.88. The number of aliphatic hydroxyl groups is 1. The fourth-order valence-corrected chi connectivity index (χ4v) is 7.69. The van der Waals surface area contributed by atoms with Crippen LogP contribution in [0, 0.1) is 17.8 Å². The normalized spacial score (nSPS) is 44.4. The first kappa shape index (κ1) is 38.6. The molecule has 0 aromatic heterocycles. The fraction of sp³-hybridized carbons (Fsp3) is 0.909. The number of aliphatic hydroxyl groups excluding tert-OH is 1. The zero-order valence-corrected chi connectivity index (χ0v) is 29.9. The number of cyclic esters (lactones) is 1. The third-order valence-electron chi connectivity index (χ3n) is 10.7. The average Bonchev–Trinajstić information content (AvgIpc) is 3.30. The molecule has 46 heavy (non-hydrogen) atoms. The molecule has 13 nitrogen and oxygen atoms in total. The van der Waals surface area contributed by atoms with Gasteiger partial charge in [-0.15, -0.1) is 0 Å². The molecule has 14 atom stereocenters. The number of esters is 1. The third-order valence-corrected chi connectivity index (χ3v) is 10.7. The van der Waals surface area contributed by atoms with Gasteiger partial charge < -0.3 is 49.6 Å². The largest absolute Gasteiger partial charge is 0.458 e. The molecule has 0 saturated carbocycles. The quantitative estimate of drug-likeness (QED) is 0.282. The predicted octanol–water partition coefficient (Wildman–Crippen LogP) is 1.92. The fourth-order valence-electron chi connectivity index (χ4n) is 7.69. The molecule has 0 spiro atoms. The van der Waals surface area contributed by atoms with Gasteiger partial charge in [-0.25, -0.2) is 4.79 Å². The zero-order valence-electron chi connectivity index (χ0n) is 29.9. The number of hydrogen-bond donors (Lipinski definition) is 3. The van der Waals surface area contributed by atoms with Gasteiger partial charge in [0.05, 0.1) is 23.9 Å². The van der Waals surface area contributed by atoms with Crippen molar-refractivity contribution >= 4 is 17.8 Å². The highest BCUT2D eigenvalue weighted by Gasteiger charge is 2.56. The minimum absolute atomic E-state index is 0.0287. The van der Waals surface area contributed by atoms with Crippen molar-refractivity contribution in [3.63, 3.8) is 0 Å². The number of nitrogens with zero attached hydrogens (tertiary/aromatic N) is 2. The number of likely N-dealkylation sites (N-methyl/N-ethyl adjacent to an activating group) is 2. The van der Waals surface area contributed by atoms with Gasteiger partial charge in [-0.1, -0.05) is 20.8 Å². The van der Waals surface area contributed by atoms with Crippen LogP contribution in [0.3, 0.4) is 0 Å². The Labute approximate surface area is 275 Å². The van der Waals surface area contributed by atoms with E-state index in [9.17, 15) is 19.5 Å². The number of carbonyl (C=O) groups is 3. The summed E-state index contributed by atoms with van der Waals surface area (Å²) in [5.41, 5.74) is 4.06. The molecule has 0 aromatic carbocycles. The molecule has 4 N–H and O–H groups in total. The lowest BCUT2D eigenvalue weighted by molar-refractivity contribution is -0.299. The number of ether oxygens (including phenoxy) is 5. The Kier molecular flexibility index (Phi) is 12.7. The van der Waals surface area contributed by atoms with Gasteiger partial charge in [-0.05, 0) is 80.9 Å². The molecule has 3 aliphatic rings. The van der Waals surface area contributed by atoms with Crippen LogP contribution in [0.2, 0.25) is 0 Å². The molecule has 0 aliphatic carbocycles. The standard InChI is InChI=1S/C33H60N4O9/c1-13-24-33(8)27(35-31(41)46-33)21(6)37(11)16-17(2)15-32(7,42-12)28(18(3)25(38)19(4)29(40)44-24)45-30-26(39)22(36(9)10)14-23(43-30)20(5)34/h17-24,26-28,30,39H,13-16,34H2,1-12H3,(H,35,41)/t17-,18+,19?,20?,21-,22?,23+,24-,26-,27-,28-,30+,32-,33-/m1/s1. The van der Waals surface area contributed by atoms with Crippen LogP contribution in [0.1, 0.15) is 74.7 Å². The molecule has 3 heterocycles. The van der Waals surface area contributed by atoms with E-state index in [-0.39, 0.29) is 30.1 Å². The first-order chi connectivity index (χ1) is 21.3. The molecule has 13 heteroatoms. The molecule has 0 radical (unpaired) electrons. The van der Waals surface area contributed by atoms with Gasteiger partial charge >= 0.3 is 12.1 Å². The second-order valence-electron chi connectivity index (χ2n) is 14.7. The van der Waals surface area contributed by atoms with E-state index in [1.54, 1.807) is 21.0 Å². The van der Waals surface area contributed by atoms with Crippen LogP contribution in [0.15, 0.2) is 0 Å². The Balaban J connectivity index is 2.07. The molecular formula is C33H60N4O9. The molecule has 3 rings (SSSR count). The van der Waals surface area contributed by atoms with Gasteiger partial charge in [0.25, 0.3) is 0 Å². The predicted molar refractivity (Wildman–Crippen MR) is 172 cm³/mol. The molecule has 3 aliphatic heterocycles. The van der Waals surface area contributed by atoms with E-state index < -0.39 is 71.5 Å². The molecule has 3 saturated heterocycles. The van der Waals surface area contributed by atoms with Crippen molar-refractivity contribution in [2.75, 3.05) is 34.8 Å². The Morgan fingerprint density at radius 2 is 1.80 bits per heavy atom. The first-order valence-electron chi connectivity index (χ1n) is 16.7. The van der Waals surface area contributed by atoms with Crippen LogP contribution < -0.4 is 11.1 Å². The summed E-state index contributed by atoms with van der Waals surface area (Å²) < 4.78 is 30.9. The number of nitrogens with one attached hydrogen (secondary N) is 1. The van der Waals surface area contributed by atoms with Crippen LogP contribution in [-0.4, -0.2) is 134 Å². The highest BCUT2D eigenvalue weighted by molar-refractivity contribution is 6.00. The van der Waals surface area contributed by atoms with Gasteiger partial charge in [0.2, 0.25) is 0 Å². The van der Waals surface area contributed by atoms with Crippen molar-refractivity contribution in [3.8, 4) is 0 Å². The van der Waals surface area contributed by atoms with E-state index in [0.29, 0.717) is 25.8 Å². The van der Waals surface area contributed by atoms with E-state index in [1.807, 2.05) is 53.7 Å². The van der Waals surface area contributed by atoms with Crippen LogP contribution in [0.4, 0.5) is 4.79 Å². The maximum atomic E-state index is 14.1. The Hall–Kier alpha value is -1.87. The van der Waals surface area contributed by atoms with Gasteiger partial charge in [0, 0.05) is 37.7 Å². The molecule has 0 aromatic rings. The Bertz CT molecular complexity index is 1080. The number of carbonyl (C=O) groups excluding carboxylic acids is 3. The van der Waals surface area contributed by atoms with E-state index in [0.717, 1.165) is 0 Å². The lowest BCUT2D eigenvalue weighted by Crippen LogP contribution is -2.61. The maximum Gasteiger partial charge on any atom is 0.408 e. The van der Waals surface area contributed by atoms with Crippen LogP contribution in [0.25, 0.3) is 0 Å². The summed E-state index contributed by atoms with van der Waals surface area (Å²) in [6, 6.07) is -1.30. The molecule has 0 bridgehead atoms. The summed E-state index contributed by atoms with van der Waals surface area (Å²) in [6.07, 6.45) is -3.44. The monoisotopic (exact) mass is 656 g/mol. The number of nitrogens with two attached hydrogens (primary N) is 1. The zero-order chi connectivity index (χ0) is 34.9. The summed E-state index contributed by atoms with van der Waals surface area (Å²) in [5.74, 6) is -3.11. The number of fused-ring (bicyclic) bond motifs is 1. The summed E-state index contributed by atoms with van der Waals surface area (Å²) in [6.45, 7) is 15.3. The SMILES string of the molecule is CC[C@H]1OC(=O)C(C)C(=O)[C@H](C)[C@@H](O[C@@H]2O[C@H](C(C)N)CC(N(C)C)[C@H]2O)[C@](C)(OC)C[C@@H](C)CN(C)[C@H](C)[C@H]2NC(=O)O[C@@]21C. The molecular weight excluding hydrogens is 596 g/mol.